The van der Waals surface area contributed by atoms with Gasteiger partial charge in [-0.2, -0.15) is 0 Å². The summed E-state index contributed by atoms with van der Waals surface area (Å²) in [6, 6.07) is -0.525. The highest BCUT2D eigenvalue weighted by Gasteiger charge is 2.42. The minimum Gasteiger partial charge on any atom is -0.394 e. The average Bonchev–Trinajstić information content (AvgIpc) is 2.54. The van der Waals surface area contributed by atoms with Gasteiger partial charge in [-0.15, -0.1) is 0 Å². The van der Waals surface area contributed by atoms with E-state index >= 15 is 0 Å². The summed E-state index contributed by atoms with van der Waals surface area (Å²) in [5.74, 6) is 0. The first-order valence-corrected chi connectivity index (χ1v) is 7.45. The normalized spacial score (nSPS) is 41.3. The highest BCUT2D eigenvalue weighted by Crippen LogP contribution is 2.26. The predicted octanol–water partition coefficient (Wildman–Crippen LogP) is -2.24. The zero-order valence-corrected chi connectivity index (χ0v) is 13.1. The number of nitrogens with two attached hydrogens (primary N) is 1. The summed E-state index contributed by atoms with van der Waals surface area (Å²) >= 11 is 1.96. The third-order valence-corrected chi connectivity index (χ3v) is 4.41. The monoisotopic (exact) mass is 415 g/mol. The Morgan fingerprint density at radius 3 is 2.71 bits per heavy atom. The number of nitrogens with one attached hydrogen (secondary N) is 1. The molecule has 9 nitrogen and oxygen atoms in total. The second kappa shape index (κ2) is 6.73. The standard InChI is InChI=1S/C11H18IN3O6/c12-4-2-15(11(20)14-10(4)13)7-1-5(17)8(18)9(19)6(3-16)21-7/h2,5-10,16-19H,1,3,13H2,(H,14,20)/t5-,6-,7?,8-,9-,10?/m1/s1. The minimum absolute atomic E-state index is 0.113. The van der Waals surface area contributed by atoms with E-state index in [9.17, 15) is 25.2 Å². The fraction of sp³-hybridized carbons (Fsp3) is 0.727. The average molecular weight is 415 g/mol. The van der Waals surface area contributed by atoms with E-state index in [4.69, 9.17) is 10.5 Å². The SMILES string of the molecule is NC1NC(=O)N(C2C[C@@H](O)[C@@H](O)[C@H](O)[C@@H](CO)O2)C=C1I. The van der Waals surface area contributed by atoms with E-state index in [1.165, 1.54) is 11.1 Å². The Balaban J connectivity index is 2.24. The van der Waals surface area contributed by atoms with Gasteiger partial charge in [-0.05, 0) is 22.6 Å². The van der Waals surface area contributed by atoms with Gasteiger partial charge in [-0.25, -0.2) is 4.79 Å². The van der Waals surface area contributed by atoms with Gasteiger partial charge in [0.15, 0.2) is 0 Å². The summed E-state index contributed by atoms with van der Waals surface area (Å²) in [4.78, 5) is 13.1. The first kappa shape index (κ1) is 16.9. The van der Waals surface area contributed by atoms with E-state index in [2.05, 4.69) is 5.32 Å². The Labute approximate surface area is 134 Å². The molecule has 2 unspecified atom stereocenters. The molecule has 6 atom stereocenters. The zero-order valence-electron chi connectivity index (χ0n) is 11.0. The Morgan fingerprint density at radius 1 is 1.43 bits per heavy atom. The highest BCUT2D eigenvalue weighted by atomic mass is 127. The van der Waals surface area contributed by atoms with Crippen LogP contribution in [-0.4, -0.2) is 74.8 Å². The number of aliphatic hydroxyl groups excluding tert-OH is 4. The van der Waals surface area contributed by atoms with Crippen molar-refractivity contribution in [1.82, 2.24) is 10.2 Å². The van der Waals surface area contributed by atoms with Gasteiger partial charge < -0.3 is 36.2 Å². The molecule has 2 aliphatic rings. The van der Waals surface area contributed by atoms with Gasteiger partial charge in [-0.3, -0.25) is 4.90 Å². The number of halogens is 1. The molecule has 2 rings (SSSR count). The van der Waals surface area contributed by atoms with Gasteiger partial charge in [0.1, 0.15) is 30.7 Å². The van der Waals surface area contributed by atoms with Crippen LogP contribution in [0.2, 0.25) is 0 Å². The Kier molecular flexibility index (Phi) is 5.40. The van der Waals surface area contributed by atoms with Crippen molar-refractivity contribution in [2.24, 2.45) is 5.73 Å². The maximum atomic E-state index is 12.0. The lowest BCUT2D eigenvalue weighted by Gasteiger charge is -2.35. The van der Waals surface area contributed by atoms with E-state index in [0.29, 0.717) is 3.58 Å². The maximum Gasteiger partial charge on any atom is 0.325 e. The van der Waals surface area contributed by atoms with E-state index in [1.54, 1.807) is 0 Å². The van der Waals surface area contributed by atoms with Crippen molar-refractivity contribution in [3.05, 3.63) is 9.78 Å². The number of rotatable bonds is 2. The van der Waals surface area contributed by atoms with E-state index < -0.39 is 49.4 Å². The van der Waals surface area contributed by atoms with E-state index in [0.717, 1.165) is 0 Å². The quantitative estimate of drug-likeness (QED) is 0.280. The Hall–Kier alpha value is -0.500. The first-order valence-electron chi connectivity index (χ1n) is 6.37. The zero-order chi connectivity index (χ0) is 15.7. The largest absolute Gasteiger partial charge is 0.394 e. The van der Waals surface area contributed by atoms with Crippen molar-refractivity contribution >= 4 is 28.6 Å². The van der Waals surface area contributed by atoms with E-state index in [-0.39, 0.29) is 6.42 Å². The van der Waals surface area contributed by atoms with Crippen molar-refractivity contribution in [1.29, 1.82) is 0 Å². The van der Waals surface area contributed by atoms with Gasteiger partial charge in [-0.1, -0.05) is 0 Å². The van der Waals surface area contributed by atoms with Crippen molar-refractivity contribution < 1.29 is 30.0 Å². The molecular formula is C11H18IN3O6. The summed E-state index contributed by atoms with van der Waals surface area (Å²) in [5, 5.41) is 41.2. The fourth-order valence-electron chi connectivity index (χ4n) is 2.22. The van der Waals surface area contributed by atoms with Crippen LogP contribution in [0.25, 0.3) is 0 Å². The maximum absolute atomic E-state index is 12.0. The predicted molar refractivity (Wildman–Crippen MR) is 78.8 cm³/mol. The third kappa shape index (κ3) is 3.47. The summed E-state index contributed by atoms with van der Waals surface area (Å²) in [6.45, 7) is -0.558. The van der Waals surface area contributed by atoms with Crippen molar-refractivity contribution in [3.63, 3.8) is 0 Å². The van der Waals surface area contributed by atoms with Crippen LogP contribution in [-0.2, 0) is 4.74 Å². The molecule has 0 aliphatic carbocycles. The molecule has 21 heavy (non-hydrogen) atoms. The van der Waals surface area contributed by atoms with Crippen LogP contribution in [0.15, 0.2) is 9.78 Å². The molecule has 1 fully saturated rings. The third-order valence-electron chi connectivity index (χ3n) is 3.46. The number of carbonyl (C=O) groups is 1. The molecule has 0 aromatic heterocycles. The molecule has 0 aromatic rings. The molecule has 10 heteroatoms. The second-order valence-corrected chi connectivity index (χ2v) is 6.19. The lowest BCUT2D eigenvalue weighted by molar-refractivity contribution is -0.135. The molecule has 1 saturated heterocycles. The molecule has 0 bridgehead atoms. The van der Waals surface area contributed by atoms with Crippen molar-refractivity contribution in [3.8, 4) is 0 Å². The molecule has 0 aromatic carbocycles. The topological polar surface area (TPSA) is 149 Å². The summed E-state index contributed by atoms with van der Waals surface area (Å²) in [5.41, 5.74) is 5.67. The molecule has 2 aliphatic heterocycles. The summed E-state index contributed by atoms with van der Waals surface area (Å²) in [7, 11) is 0. The molecule has 0 saturated carbocycles. The summed E-state index contributed by atoms with van der Waals surface area (Å²) < 4.78 is 6.11. The van der Waals surface area contributed by atoms with Crippen LogP contribution >= 0.6 is 22.6 Å². The molecule has 2 amide bonds. The van der Waals surface area contributed by atoms with Crippen LogP contribution in [0.1, 0.15) is 6.42 Å². The molecule has 120 valence electrons. The van der Waals surface area contributed by atoms with Crippen LogP contribution in [0.3, 0.4) is 0 Å². The molecule has 0 spiro atoms. The number of amides is 2. The minimum atomic E-state index is -1.47. The molecule has 7 N–H and O–H groups in total. The molecule has 2 heterocycles. The first-order chi connectivity index (χ1) is 9.85. The number of hydrogen-bond donors (Lipinski definition) is 6. The number of urea groups is 1. The lowest BCUT2D eigenvalue weighted by Crippen LogP contribution is -2.55. The summed E-state index contributed by atoms with van der Waals surface area (Å²) in [6.07, 6.45) is -5.53. The fourth-order valence-corrected chi connectivity index (χ4v) is 2.68. The lowest BCUT2D eigenvalue weighted by atomic mass is 10.0. The van der Waals surface area contributed by atoms with Gasteiger partial charge in [0, 0.05) is 16.2 Å². The van der Waals surface area contributed by atoms with Crippen molar-refractivity contribution in [2.75, 3.05) is 6.61 Å². The van der Waals surface area contributed by atoms with Crippen LogP contribution in [0.5, 0.6) is 0 Å². The van der Waals surface area contributed by atoms with E-state index in [1.807, 2.05) is 22.6 Å². The van der Waals surface area contributed by atoms with Crippen LogP contribution in [0, 0.1) is 0 Å². The molecular weight excluding hydrogens is 397 g/mol. The van der Waals surface area contributed by atoms with Gasteiger partial charge in [0.25, 0.3) is 0 Å². The molecule has 0 radical (unpaired) electrons. The Morgan fingerprint density at radius 2 is 2.10 bits per heavy atom. The Bertz CT molecular complexity index is 436. The van der Waals surface area contributed by atoms with Gasteiger partial charge >= 0.3 is 6.03 Å². The van der Waals surface area contributed by atoms with Crippen molar-refractivity contribution in [2.45, 2.75) is 43.2 Å². The number of carbonyl (C=O) groups excluding carboxylic acids is 1. The highest BCUT2D eigenvalue weighted by molar-refractivity contribution is 14.1. The number of aliphatic hydroxyl groups is 4. The number of hydrogen-bond acceptors (Lipinski definition) is 7. The number of ether oxygens (including phenoxy) is 1. The van der Waals surface area contributed by atoms with Gasteiger partial charge in [0.2, 0.25) is 0 Å². The second-order valence-electron chi connectivity index (χ2n) is 4.94. The van der Waals surface area contributed by atoms with Crippen LogP contribution in [0.4, 0.5) is 4.79 Å². The van der Waals surface area contributed by atoms with Crippen LogP contribution < -0.4 is 11.1 Å². The van der Waals surface area contributed by atoms with Gasteiger partial charge in [0.05, 0.1) is 12.7 Å². The smallest absolute Gasteiger partial charge is 0.325 e. The number of nitrogens with zero attached hydrogens (tertiary/aromatic N) is 1.